The van der Waals surface area contributed by atoms with E-state index in [-0.39, 0.29) is 0 Å². The van der Waals surface area contributed by atoms with Gasteiger partial charge in [-0.3, -0.25) is 0 Å². The molecule has 0 aliphatic heterocycles. The highest BCUT2D eigenvalue weighted by atomic mass is 16.5. The average molecular weight is 276 g/mol. The molecule has 20 heavy (non-hydrogen) atoms. The second-order valence-corrected chi connectivity index (χ2v) is 4.17. The third kappa shape index (κ3) is 2.28. The number of esters is 1. The normalized spacial score (nSPS) is 12.0. The Morgan fingerprint density at radius 1 is 1.10 bits per heavy atom. The van der Waals surface area contributed by atoms with Crippen molar-refractivity contribution in [2.75, 3.05) is 21.3 Å². The quantitative estimate of drug-likeness (QED) is 0.866. The summed E-state index contributed by atoms with van der Waals surface area (Å²) < 4.78 is 15.2. The van der Waals surface area contributed by atoms with E-state index in [1.54, 1.807) is 6.07 Å². The molecular weight excluding hydrogens is 260 g/mol. The van der Waals surface area contributed by atoms with Crippen molar-refractivity contribution in [3.8, 4) is 11.5 Å². The number of carbonyl (C=O) groups is 1. The average Bonchev–Trinajstić information content (AvgIpc) is 2.51. The third-order valence-electron chi connectivity index (χ3n) is 3.13. The van der Waals surface area contributed by atoms with Crippen LogP contribution in [0.15, 0.2) is 30.3 Å². The lowest BCUT2D eigenvalue weighted by molar-refractivity contribution is -0.150. The lowest BCUT2D eigenvalue weighted by Gasteiger charge is -2.17. The van der Waals surface area contributed by atoms with Gasteiger partial charge in [0.05, 0.1) is 21.3 Å². The monoisotopic (exact) mass is 276 g/mol. The van der Waals surface area contributed by atoms with Crippen LogP contribution in [0.2, 0.25) is 0 Å². The summed E-state index contributed by atoms with van der Waals surface area (Å²) in [5.41, 5.74) is 0.315. The standard InChI is InChI=1S/C15H16O5/c1-18-12-8-11(13(16)15(17)20-3)14(19-2)10-7-5-4-6-9(10)12/h4-8,13,16H,1-3H3. The summed E-state index contributed by atoms with van der Waals surface area (Å²) >= 11 is 0. The molecule has 1 unspecified atom stereocenters. The molecule has 0 aliphatic carbocycles. The Labute approximate surface area is 116 Å². The zero-order valence-corrected chi connectivity index (χ0v) is 11.5. The summed E-state index contributed by atoms with van der Waals surface area (Å²) in [6, 6.07) is 9.03. The Morgan fingerprint density at radius 2 is 1.75 bits per heavy atom. The summed E-state index contributed by atoms with van der Waals surface area (Å²) in [4.78, 5) is 11.5. The van der Waals surface area contributed by atoms with Gasteiger partial charge in [-0.05, 0) is 6.07 Å². The molecule has 1 N–H and O–H groups in total. The van der Waals surface area contributed by atoms with Gasteiger partial charge in [0.25, 0.3) is 0 Å². The fourth-order valence-electron chi connectivity index (χ4n) is 2.17. The zero-order valence-electron chi connectivity index (χ0n) is 11.5. The number of methoxy groups -OCH3 is 3. The van der Waals surface area contributed by atoms with Gasteiger partial charge in [-0.15, -0.1) is 0 Å². The van der Waals surface area contributed by atoms with Crippen molar-refractivity contribution in [3.63, 3.8) is 0 Å². The molecule has 0 amide bonds. The maximum Gasteiger partial charge on any atom is 0.339 e. The number of hydrogen-bond donors (Lipinski definition) is 1. The van der Waals surface area contributed by atoms with Crippen LogP contribution in [0.3, 0.4) is 0 Å². The number of benzene rings is 2. The number of hydrogen-bond acceptors (Lipinski definition) is 5. The second-order valence-electron chi connectivity index (χ2n) is 4.17. The molecule has 0 aliphatic rings. The van der Waals surface area contributed by atoms with Gasteiger partial charge in [-0.1, -0.05) is 24.3 Å². The highest BCUT2D eigenvalue weighted by molar-refractivity contribution is 5.96. The predicted molar refractivity (Wildman–Crippen MR) is 74.0 cm³/mol. The summed E-state index contributed by atoms with van der Waals surface area (Å²) in [5.74, 6) is 0.235. The molecule has 0 fully saturated rings. The van der Waals surface area contributed by atoms with E-state index in [2.05, 4.69) is 4.74 Å². The maximum absolute atomic E-state index is 11.5. The summed E-state index contributed by atoms with van der Waals surface area (Å²) in [5, 5.41) is 11.7. The predicted octanol–water partition coefficient (Wildman–Crippen LogP) is 2.06. The van der Waals surface area contributed by atoms with Crippen LogP contribution in [0.25, 0.3) is 10.8 Å². The smallest absolute Gasteiger partial charge is 0.339 e. The van der Waals surface area contributed by atoms with Crippen LogP contribution in [0, 0.1) is 0 Å². The van der Waals surface area contributed by atoms with Gasteiger partial charge in [0.15, 0.2) is 6.10 Å². The number of aliphatic hydroxyl groups excluding tert-OH is 1. The van der Waals surface area contributed by atoms with Crippen molar-refractivity contribution < 1.29 is 24.1 Å². The van der Waals surface area contributed by atoms with Gasteiger partial charge in [-0.2, -0.15) is 0 Å². The maximum atomic E-state index is 11.5. The highest BCUT2D eigenvalue weighted by Gasteiger charge is 2.25. The van der Waals surface area contributed by atoms with Crippen molar-refractivity contribution in [3.05, 3.63) is 35.9 Å². The molecule has 2 aromatic carbocycles. The van der Waals surface area contributed by atoms with Crippen LogP contribution in [0.1, 0.15) is 11.7 Å². The molecule has 2 aromatic rings. The molecule has 0 saturated heterocycles. The lowest BCUT2D eigenvalue weighted by Crippen LogP contribution is -2.14. The first-order chi connectivity index (χ1) is 9.63. The van der Waals surface area contributed by atoms with Crippen molar-refractivity contribution >= 4 is 16.7 Å². The second kappa shape index (κ2) is 5.79. The minimum absolute atomic E-state index is 0.315. The van der Waals surface area contributed by atoms with Crippen LogP contribution in [-0.4, -0.2) is 32.4 Å². The van der Waals surface area contributed by atoms with Crippen molar-refractivity contribution in [1.82, 2.24) is 0 Å². The largest absolute Gasteiger partial charge is 0.496 e. The van der Waals surface area contributed by atoms with Gasteiger partial charge < -0.3 is 19.3 Å². The Bertz CT molecular complexity index is 635. The third-order valence-corrected chi connectivity index (χ3v) is 3.13. The van der Waals surface area contributed by atoms with E-state index in [0.717, 1.165) is 10.8 Å². The van der Waals surface area contributed by atoms with Gasteiger partial charge in [-0.25, -0.2) is 4.79 Å². The number of rotatable bonds is 4. The molecule has 0 saturated carbocycles. The lowest BCUT2D eigenvalue weighted by atomic mass is 10.0. The van der Waals surface area contributed by atoms with Crippen molar-refractivity contribution in [2.45, 2.75) is 6.10 Å². The Hall–Kier alpha value is -2.27. The summed E-state index contributed by atoms with van der Waals surface area (Å²) in [7, 11) is 4.24. The molecule has 5 heteroatoms. The fraction of sp³-hybridized carbons (Fsp3) is 0.267. The van der Waals surface area contributed by atoms with E-state index in [1.807, 2.05) is 24.3 Å². The Morgan fingerprint density at radius 3 is 2.30 bits per heavy atom. The Balaban J connectivity index is 2.74. The van der Waals surface area contributed by atoms with Crippen LogP contribution >= 0.6 is 0 Å². The highest BCUT2D eigenvalue weighted by Crippen LogP contribution is 2.39. The van der Waals surface area contributed by atoms with Gasteiger partial charge in [0.1, 0.15) is 11.5 Å². The topological polar surface area (TPSA) is 65.0 Å². The number of ether oxygens (including phenoxy) is 3. The van der Waals surface area contributed by atoms with E-state index in [9.17, 15) is 9.90 Å². The molecule has 0 spiro atoms. The number of carbonyl (C=O) groups excluding carboxylic acids is 1. The first-order valence-electron chi connectivity index (χ1n) is 6.03. The minimum Gasteiger partial charge on any atom is -0.496 e. The van der Waals surface area contributed by atoms with E-state index < -0.39 is 12.1 Å². The van der Waals surface area contributed by atoms with Crippen LogP contribution < -0.4 is 9.47 Å². The Kier molecular flexibility index (Phi) is 4.10. The molecule has 0 bridgehead atoms. The summed E-state index contributed by atoms with van der Waals surface area (Å²) in [6.07, 6.45) is -1.42. The van der Waals surface area contributed by atoms with Gasteiger partial charge >= 0.3 is 5.97 Å². The van der Waals surface area contributed by atoms with E-state index >= 15 is 0 Å². The van der Waals surface area contributed by atoms with E-state index in [1.165, 1.54) is 21.3 Å². The van der Waals surface area contributed by atoms with Gasteiger partial charge in [0, 0.05) is 16.3 Å². The van der Waals surface area contributed by atoms with E-state index in [0.29, 0.717) is 17.1 Å². The molecule has 0 aromatic heterocycles. The number of fused-ring (bicyclic) bond motifs is 1. The SMILES string of the molecule is COC(=O)C(O)c1cc(OC)c2ccccc2c1OC. The van der Waals surface area contributed by atoms with Crippen LogP contribution in [0.4, 0.5) is 0 Å². The molecule has 2 rings (SSSR count). The zero-order chi connectivity index (χ0) is 14.7. The first-order valence-corrected chi connectivity index (χ1v) is 6.03. The van der Waals surface area contributed by atoms with Gasteiger partial charge in [0.2, 0.25) is 0 Å². The molecule has 106 valence electrons. The number of aliphatic hydroxyl groups is 1. The fourth-order valence-corrected chi connectivity index (χ4v) is 2.17. The molecule has 0 heterocycles. The molecular formula is C15H16O5. The van der Waals surface area contributed by atoms with Crippen LogP contribution in [0.5, 0.6) is 11.5 Å². The molecule has 0 radical (unpaired) electrons. The van der Waals surface area contributed by atoms with E-state index in [4.69, 9.17) is 9.47 Å². The summed E-state index contributed by atoms with van der Waals surface area (Å²) in [6.45, 7) is 0. The molecule has 5 nitrogen and oxygen atoms in total. The minimum atomic E-state index is -1.42. The van der Waals surface area contributed by atoms with Crippen LogP contribution in [-0.2, 0) is 9.53 Å². The van der Waals surface area contributed by atoms with Crippen molar-refractivity contribution in [1.29, 1.82) is 0 Å². The first kappa shape index (κ1) is 14.1. The van der Waals surface area contributed by atoms with Crippen molar-refractivity contribution in [2.24, 2.45) is 0 Å². The molecule has 1 atom stereocenters.